The van der Waals surface area contributed by atoms with E-state index < -0.39 is 22.9 Å². The quantitative estimate of drug-likeness (QED) is 0.0393. The number of fused-ring (bicyclic) bond motifs is 2. The largest absolute Gasteiger partial charge is 0.444 e. The molecule has 0 N–H and O–H groups in total. The van der Waals surface area contributed by atoms with Gasteiger partial charge in [-0.3, -0.25) is 38.3 Å². The molecule has 0 radical (unpaired) electrons. The fraction of sp³-hybridized carbons (Fsp3) is 0.661. The molecule has 17 nitrogen and oxygen atoms in total. The van der Waals surface area contributed by atoms with Crippen molar-refractivity contribution in [2.45, 2.75) is 181 Å². The van der Waals surface area contributed by atoms with Gasteiger partial charge >= 0.3 is 23.9 Å². The average molecular weight is 1090 g/mol. The van der Waals surface area contributed by atoms with E-state index in [0.29, 0.717) is 56.1 Å². The summed E-state index contributed by atoms with van der Waals surface area (Å²) >= 11 is 0. The van der Waals surface area contributed by atoms with Gasteiger partial charge in [0, 0.05) is 68.9 Å². The highest BCUT2D eigenvalue weighted by atomic mass is 16.6. The lowest BCUT2D eigenvalue weighted by Gasteiger charge is -2.44. The number of benzene rings is 2. The topological polar surface area (TPSA) is 169 Å². The molecule has 2 aromatic carbocycles. The van der Waals surface area contributed by atoms with Crippen molar-refractivity contribution in [2.75, 3.05) is 66.1 Å². The van der Waals surface area contributed by atoms with Crippen LogP contribution in [0.3, 0.4) is 0 Å². The number of likely N-dealkylation sites (tertiary alicyclic amines) is 2. The highest BCUT2D eigenvalue weighted by molar-refractivity contribution is 5.89. The number of esters is 3. The van der Waals surface area contributed by atoms with Crippen LogP contribution in [0.1, 0.15) is 159 Å². The minimum Gasteiger partial charge on any atom is -0.444 e. The third-order valence-electron chi connectivity index (χ3n) is 18.9. The number of hydrogen-bond acceptors (Lipinski definition) is 12. The minimum absolute atomic E-state index is 0.00529. The fourth-order valence-corrected chi connectivity index (χ4v) is 13.1. The minimum atomic E-state index is -1.02. The SMILES string of the molecule is CCCCC1(C(=O)OCN(C(=O)N2CCC(c3cc4ccccc4n(COC(=O)C4(CCCC)CC4)c3=O)CC2)[C@H](Cc2cc(C)c3nn(COC(=O)C4(CCC)CC4)cc3c2)C(=O)N2CCN(C3CCN(C)CC3)CC2)CC1. The van der Waals surface area contributed by atoms with E-state index in [4.69, 9.17) is 19.3 Å². The molecule has 5 heterocycles. The number of hydrogen-bond donors (Lipinski definition) is 0. The van der Waals surface area contributed by atoms with Gasteiger partial charge in [-0.15, -0.1) is 0 Å². The van der Waals surface area contributed by atoms with E-state index in [1.165, 1.54) is 4.90 Å². The van der Waals surface area contributed by atoms with Gasteiger partial charge in [0.2, 0.25) is 5.91 Å². The first-order chi connectivity index (χ1) is 38.2. The Bertz CT molecular complexity index is 2910. The third-order valence-corrected chi connectivity index (χ3v) is 18.9. The molecule has 3 amide bonds. The summed E-state index contributed by atoms with van der Waals surface area (Å²) in [7, 11) is 2.16. The van der Waals surface area contributed by atoms with E-state index in [1.54, 1.807) is 14.1 Å². The van der Waals surface area contributed by atoms with Crippen LogP contribution in [0.15, 0.2) is 53.5 Å². The molecule has 3 saturated carbocycles. The van der Waals surface area contributed by atoms with E-state index in [1.807, 2.05) is 60.5 Å². The summed E-state index contributed by atoms with van der Waals surface area (Å²) in [6.07, 6.45) is 17.0. The van der Waals surface area contributed by atoms with E-state index in [9.17, 15) is 19.2 Å². The van der Waals surface area contributed by atoms with Crippen molar-refractivity contribution >= 4 is 51.7 Å². The molecule has 6 aliphatic rings. The number of nitrogens with zero attached hydrogens (tertiary/aromatic N) is 8. The van der Waals surface area contributed by atoms with Gasteiger partial charge in [0.25, 0.3) is 5.56 Å². The molecule has 3 aliphatic carbocycles. The van der Waals surface area contributed by atoms with Gasteiger partial charge in [-0.25, -0.2) is 9.48 Å². The number of carbonyl (C=O) groups is 5. The van der Waals surface area contributed by atoms with Crippen LogP contribution in [0.4, 0.5) is 4.79 Å². The molecule has 4 aromatic rings. The molecule has 0 spiro atoms. The number of aromatic nitrogens is 3. The maximum Gasteiger partial charge on any atom is 0.323 e. The molecule has 2 aromatic heterocycles. The highest BCUT2D eigenvalue weighted by Crippen LogP contribution is 2.52. The van der Waals surface area contributed by atoms with Gasteiger partial charge in [-0.05, 0) is 151 Å². The number of piperidine rings is 2. The number of piperazine rings is 1. The second-order valence-corrected chi connectivity index (χ2v) is 24.5. The van der Waals surface area contributed by atoms with Gasteiger partial charge in [0.15, 0.2) is 20.2 Å². The molecule has 6 fully saturated rings. The number of rotatable bonds is 23. The van der Waals surface area contributed by atoms with Crippen LogP contribution in [0, 0.1) is 23.2 Å². The van der Waals surface area contributed by atoms with E-state index in [2.05, 4.69) is 37.6 Å². The average Bonchev–Trinajstić information content (AvgIpc) is 4.48. The van der Waals surface area contributed by atoms with Crippen molar-refractivity contribution in [3.63, 3.8) is 0 Å². The van der Waals surface area contributed by atoms with Gasteiger partial charge < -0.3 is 28.9 Å². The standard InChI is InChI=1S/C62H86N8O9/c1-6-9-20-61(24-25-61)57(74)78-42-69-51-14-12-11-13-47(51)39-50(54(69)71)46-15-30-67(31-16-46)59(76)70(43-79-58(75)62(26-27-62)21-10-7-2)52(55(72)66-34-32-65(33-35-66)49-17-28-64(5)29-18-49)38-45-36-44(4)53-48(37-45)40-68(63-53)41-77-56(73)60(19-8-3)22-23-60/h11-14,36-37,39-40,46,49,52H,6-10,15-35,38,41-43H2,1-5H3/t52-/m1/s1. The summed E-state index contributed by atoms with van der Waals surface area (Å²) in [5, 5.41) is 6.50. The Morgan fingerprint density at radius 3 is 1.91 bits per heavy atom. The summed E-state index contributed by atoms with van der Waals surface area (Å²) in [4.78, 5) is 96.3. The molecule has 17 heteroatoms. The Hall–Kier alpha value is -5.81. The maximum absolute atomic E-state index is 15.5. The zero-order valence-corrected chi connectivity index (χ0v) is 47.8. The molecule has 79 heavy (non-hydrogen) atoms. The zero-order chi connectivity index (χ0) is 55.5. The number of aryl methyl sites for hydroxylation is 1. The lowest BCUT2D eigenvalue weighted by Crippen LogP contribution is -2.60. The summed E-state index contributed by atoms with van der Waals surface area (Å²) in [6.45, 7) is 12.9. The van der Waals surface area contributed by atoms with Crippen LogP contribution in [-0.4, -0.2) is 147 Å². The Labute approximate surface area is 466 Å². The molecule has 0 bridgehead atoms. The molecule has 10 rings (SSSR count). The van der Waals surface area contributed by atoms with Gasteiger partial charge in [-0.2, -0.15) is 5.10 Å². The Kier molecular flexibility index (Phi) is 17.2. The van der Waals surface area contributed by atoms with Crippen LogP contribution >= 0.6 is 0 Å². The summed E-state index contributed by atoms with van der Waals surface area (Å²) in [5.74, 6) is -1.12. The molecule has 428 valence electrons. The number of urea groups is 1. The second-order valence-electron chi connectivity index (χ2n) is 24.5. The van der Waals surface area contributed by atoms with Crippen molar-refractivity contribution in [3.8, 4) is 0 Å². The first-order valence-electron chi connectivity index (χ1n) is 30.1. The smallest absolute Gasteiger partial charge is 0.323 e. The van der Waals surface area contributed by atoms with Crippen molar-refractivity contribution in [1.29, 1.82) is 0 Å². The summed E-state index contributed by atoms with van der Waals surface area (Å²) < 4.78 is 21.3. The molecular weight excluding hydrogens is 1000 g/mol. The number of para-hydroxylation sites is 1. The molecule has 1 atom stereocenters. The van der Waals surface area contributed by atoms with E-state index in [0.717, 1.165) is 156 Å². The van der Waals surface area contributed by atoms with Gasteiger partial charge in [0.1, 0.15) is 6.04 Å². The van der Waals surface area contributed by atoms with Crippen LogP contribution in [0.5, 0.6) is 0 Å². The second kappa shape index (κ2) is 24.1. The van der Waals surface area contributed by atoms with E-state index >= 15 is 9.59 Å². The van der Waals surface area contributed by atoms with Crippen molar-refractivity contribution < 1.29 is 38.2 Å². The van der Waals surface area contributed by atoms with Crippen LogP contribution < -0.4 is 5.56 Å². The number of ether oxygens (including phenoxy) is 3. The summed E-state index contributed by atoms with van der Waals surface area (Å²) in [6, 6.07) is 12.7. The number of unbranched alkanes of at least 4 members (excludes halogenated alkanes) is 2. The van der Waals surface area contributed by atoms with Gasteiger partial charge in [-0.1, -0.05) is 77.1 Å². The number of pyridine rings is 1. The molecular formula is C62H86N8O9. The first-order valence-corrected chi connectivity index (χ1v) is 30.1. The lowest BCUT2D eigenvalue weighted by atomic mass is 9.89. The van der Waals surface area contributed by atoms with Crippen LogP contribution in [0.25, 0.3) is 21.8 Å². The van der Waals surface area contributed by atoms with Crippen molar-refractivity contribution in [2.24, 2.45) is 16.2 Å². The molecule has 3 saturated heterocycles. The monoisotopic (exact) mass is 1090 g/mol. The predicted molar refractivity (Wildman–Crippen MR) is 302 cm³/mol. The number of amides is 3. The highest BCUT2D eigenvalue weighted by Gasteiger charge is 2.52. The fourth-order valence-electron chi connectivity index (χ4n) is 13.1. The third kappa shape index (κ3) is 12.4. The normalized spacial score (nSPS) is 20.5. The van der Waals surface area contributed by atoms with Crippen molar-refractivity contribution in [1.82, 2.24) is 38.8 Å². The first kappa shape index (κ1) is 56.5. The predicted octanol–water partition coefficient (Wildman–Crippen LogP) is 9.13. The molecule has 0 unspecified atom stereocenters. The van der Waals surface area contributed by atoms with Gasteiger partial charge in [0.05, 0.1) is 27.3 Å². The Morgan fingerprint density at radius 2 is 1.29 bits per heavy atom. The zero-order valence-electron chi connectivity index (χ0n) is 47.8. The van der Waals surface area contributed by atoms with E-state index in [-0.39, 0.29) is 67.3 Å². The Morgan fingerprint density at radius 1 is 0.684 bits per heavy atom. The summed E-state index contributed by atoms with van der Waals surface area (Å²) in [5.41, 5.74) is 2.16. The Balaban J connectivity index is 0.916. The van der Waals surface area contributed by atoms with Crippen LogP contribution in [0.2, 0.25) is 0 Å². The maximum atomic E-state index is 15.5. The molecule has 3 aliphatic heterocycles. The van der Waals surface area contributed by atoms with Crippen LogP contribution in [-0.2, 0) is 53.3 Å². The number of carbonyl (C=O) groups excluding carboxylic acids is 5. The lowest BCUT2D eigenvalue weighted by molar-refractivity contribution is -0.158. The van der Waals surface area contributed by atoms with Crippen molar-refractivity contribution in [3.05, 3.63) is 75.7 Å².